The van der Waals surface area contributed by atoms with Crippen molar-refractivity contribution < 1.29 is 19.2 Å². The summed E-state index contributed by atoms with van der Waals surface area (Å²) < 4.78 is 5.05. The lowest BCUT2D eigenvalue weighted by molar-refractivity contribution is -0.385. The van der Waals surface area contributed by atoms with Crippen molar-refractivity contribution in [3.8, 4) is 0 Å². The first-order chi connectivity index (χ1) is 11.4. The van der Waals surface area contributed by atoms with E-state index in [1.807, 2.05) is 19.1 Å². The maximum atomic E-state index is 12.1. The minimum Gasteiger partial charge on any atom is -0.449 e. The Balaban J connectivity index is 2.08. The van der Waals surface area contributed by atoms with Gasteiger partial charge in [-0.3, -0.25) is 14.9 Å². The van der Waals surface area contributed by atoms with Gasteiger partial charge < -0.3 is 10.1 Å². The number of hydrogen-bond acceptors (Lipinski definition) is 5. The molecule has 2 aromatic rings. The van der Waals surface area contributed by atoms with Gasteiger partial charge in [-0.25, -0.2) is 4.79 Å². The molecule has 2 rings (SSSR count). The second kappa shape index (κ2) is 7.36. The summed E-state index contributed by atoms with van der Waals surface area (Å²) in [6.07, 6.45) is -1.10. The zero-order valence-corrected chi connectivity index (χ0v) is 13.2. The number of esters is 1. The molecule has 0 aliphatic carbocycles. The minimum atomic E-state index is -1.10. The van der Waals surface area contributed by atoms with Gasteiger partial charge in [0, 0.05) is 11.8 Å². The van der Waals surface area contributed by atoms with Gasteiger partial charge in [-0.2, -0.15) is 0 Å². The number of anilines is 1. The van der Waals surface area contributed by atoms with Crippen LogP contribution < -0.4 is 5.32 Å². The predicted molar refractivity (Wildman–Crippen MR) is 87.8 cm³/mol. The number of carbonyl (C=O) groups excluding carboxylic acids is 2. The zero-order valence-electron chi connectivity index (χ0n) is 13.2. The fourth-order valence-corrected chi connectivity index (χ4v) is 2.03. The standard InChI is InChI=1S/C17H16N2O5/c1-11-7-3-5-9-14(11)18-16(20)12(2)24-17(21)13-8-4-6-10-15(13)19(22)23/h3-10,12H,1-2H3,(H,18,20)/t12-/m0/s1. The number of carbonyl (C=O) groups is 2. The third-order valence-corrected chi connectivity index (χ3v) is 3.38. The molecule has 1 N–H and O–H groups in total. The Bertz CT molecular complexity index is 788. The number of nitrogens with zero attached hydrogens (tertiary/aromatic N) is 1. The topological polar surface area (TPSA) is 98.5 Å². The molecule has 0 fully saturated rings. The van der Waals surface area contributed by atoms with Crippen molar-refractivity contribution in [2.75, 3.05) is 5.32 Å². The summed E-state index contributed by atoms with van der Waals surface area (Å²) in [7, 11) is 0. The van der Waals surface area contributed by atoms with Crippen LogP contribution in [0.25, 0.3) is 0 Å². The fraction of sp³-hybridized carbons (Fsp3) is 0.176. The second-order valence-electron chi connectivity index (χ2n) is 5.13. The van der Waals surface area contributed by atoms with Crippen molar-refractivity contribution in [2.45, 2.75) is 20.0 Å². The van der Waals surface area contributed by atoms with Crippen LogP contribution in [0.4, 0.5) is 11.4 Å². The van der Waals surface area contributed by atoms with Gasteiger partial charge >= 0.3 is 5.97 Å². The molecule has 0 unspecified atom stereocenters. The first kappa shape index (κ1) is 17.1. The van der Waals surface area contributed by atoms with E-state index in [0.717, 1.165) is 5.56 Å². The van der Waals surface area contributed by atoms with E-state index in [9.17, 15) is 19.7 Å². The average molecular weight is 328 g/mol. The van der Waals surface area contributed by atoms with E-state index >= 15 is 0 Å². The normalized spacial score (nSPS) is 11.4. The highest BCUT2D eigenvalue weighted by atomic mass is 16.6. The first-order valence-electron chi connectivity index (χ1n) is 7.21. The van der Waals surface area contributed by atoms with E-state index in [1.165, 1.54) is 31.2 Å². The van der Waals surface area contributed by atoms with Gasteiger partial charge in [0.15, 0.2) is 6.10 Å². The van der Waals surface area contributed by atoms with Crippen LogP contribution in [0.3, 0.4) is 0 Å². The Labute approximate surface area is 138 Å². The number of para-hydroxylation sites is 2. The highest BCUT2D eigenvalue weighted by molar-refractivity contribution is 5.99. The van der Waals surface area contributed by atoms with Gasteiger partial charge in [-0.05, 0) is 31.5 Å². The largest absolute Gasteiger partial charge is 0.449 e. The first-order valence-corrected chi connectivity index (χ1v) is 7.21. The van der Waals surface area contributed by atoms with Gasteiger partial charge in [0.05, 0.1) is 4.92 Å². The van der Waals surface area contributed by atoms with Gasteiger partial charge in [0.2, 0.25) is 0 Å². The molecular weight excluding hydrogens is 312 g/mol. The highest BCUT2D eigenvalue weighted by Crippen LogP contribution is 2.19. The van der Waals surface area contributed by atoms with E-state index in [4.69, 9.17) is 4.74 Å². The third kappa shape index (κ3) is 3.95. The van der Waals surface area contributed by atoms with Gasteiger partial charge in [-0.15, -0.1) is 0 Å². The zero-order chi connectivity index (χ0) is 17.7. The van der Waals surface area contributed by atoms with Gasteiger partial charge in [0.1, 0.15) is 5.56 Å². The number of aryl methyl sites for hydroxylation is 1. The van der Waals surface area contributed by atoms with Crippen LogP contribution in [0.15, 0.2) is 48.5 Å². The lowest BCUT2D eigenvalue weighted by atomic mass is 10.2. The molecule has 0 saturated carbocycles. The molecule has 0 aromatic heterocycles. The molecule has 0 radical (unpaired) electrons. The van der Waals surface area contributed by atoms with Crippen molar-refractivity contribution in [2.24, 2.45) is 0 Å². The van der Waals surface area contributed by atoms with E-state index in [0.29, 0.717) is 5.69 Å². The molecule has 7 heteroatoms. The molecule has 124 valence electrons. The Morgan fingerprint density at radius 2 is 1.75 bits per heavy atom. The molecule has 0 spiro atoms. The molecule has 2 aromatic carbocycles. The van der Waals surface area contributed by atoms with E-state index in [1.54, 1.807) is 12.1 Å². The van der Waals surface area contributed by atoms with Crippen molar-refractivity contribution >= 4 is 23.3 Å². The summed E-state index contributed by atoms with van der Waals surface area (Å²) in [6, 6.07) is 12.6. The molecule has 1 atom stereocenters. The maximum Gasteiger partial charge on any atom is 0.345 e. The molecule has 0 aliphatic rings. The molecule has 0 aliphatic heterocycles. The lowest BCUT2D eigenvalue weighted by Gasteiger charge is -2.14. The molecule has 24 heavy (non-hydrogen) atoms. The predicted octanol–water partition coefficient (Wildman–Crippen LogP) is 3.09. The number of hydrogen-bond donors (Lipinski definition) is 1. The van der Waals surface area contributed by atoms with Crippen LogP contribution in [0, 0.1) is 17.0 Å². The van der Waals surface area contributed by atoms with Gasteiger partial charge in [-0.1, -0.05) is 30.3 Å². The Hall–Kier alpha value is -3.22. The molecule has 0 bridgehead atoms. The summed E-state index contributed by atoms with van der Waals surface area (Å²) in [4.78, 5) is 34.5. The Morgan fingerprint density at radius 3 is 2.42 bits per heavy atom. The molecule has 0 saturated heterocycles. The average Bonchev–Trinajstić information content (AvgIpc) is 2.56. The summed E-state index contributed by atoms with van der Waals surface area (Å²) >= 11 is 0. The number of amides is 1. The molecule has 7 nitrogen and oxygen atoms in total. The van der Waals surface area contributed by atoms with Crippen LogP contribution >= 0.6 is 0 Å². The summed E-state index contributed by atoms with van der Waals surface area (Å²) in [5.41, 5.74) is 0.909. The molecule has 0 heterocycles. The number of nitro groups is 1. The van der Waals surface area contributed by atoms with Crippen LogP contribution in [0.5, 0.6) is 0 Å². The quantitative estimate of drug-likeness (QED) is 0.516. The van der Waals surface area contributed by atoms with Crippen LogP contribution in [0.2, 0.25) is 0 Å². The van der Waals surface area contributed by atoms with Crippen LogP contribution in [-0.4, -0.2) is 22.9 Å². The Morgan fingerprint density at radius 1 is 1.12 bits per heavy atom. The van der Waals surface area contributed by atoms with Crippen molar-refractivity contribution in [3.63, 3.8) is 0 Å². The summed E-state index contributed by atoms with van der Waals surface area (Å²) in [5.74, 6) is -1.44. The highest BCUT2D eigenvalue weighted by Gasteiger charge is 2.25. The maximum absolute atomic E-state index is 12.1. The van der Waals surface area contributed by atoms with Gasteiger partial charge in [0.25, 0.3) is 11.6 Å². The smallest absolute Gasteiger partial charge is 0.345 e. The summed E-state index contributed by atoms with van der Waals surface area (Å²) in [5, 5.41) is 13.6. The van der Waals surface area contributed by atoms with Crippen molar-refractivity contribution in [1.29, 1.82) is 0 Å². The van der Waals surface area contributed by atoms with Crippen molar-refractivity contribution in [1.82, 2.24) is 0 Å². The van der Waals surface area contributed by atoms with E-state index in [-0.39, 0.29) is 11.3 Å². The molecule has 1 amide bonds. The van der Waals surface area contributed by atoms with E-state index in [2.05, 4.69) is 5.32 Å². The lowest BCUT2D eigenvalue weighted by Crippen LogP contribution is -2.30. The van der Waals surface area contributed by atoms with Crippen LogP contribution in [0.1, 0.15) is 22.8 Å². The minimum absolute atomic E-state index is 0.196. The number of rotatable bonds is 5. The van der Waals surface area contributed by atoms with Crippen molar-refractivity contribution in [3.05, 3.63) is 69.8 Å². The number of ether oxygens (including phenoxy) is 1. The fourth-order valence-electron chi connectivity index (χ4n) is 2.03. The SMILES string of the molecule is Cc1ccccc1NC(=O)[C@H](C)OC(=O)c1ccccc1[N+](=O)[O-]. The third-order valence-electron chi connectivity index (χ3n) is 3.38. The van der Waals surface area contributed by atoms with E-state index < -0.39 is 22.9 Å². The summed E-state index contributed by atoms with van der Waals surface area (Å²) in [6.45, 7) is 3.24. The van der Waals surface area contributed by atoms with Crippen LogP contribution in [-0.2, 0) is 9.53 Å². The monoisotopic (exact) mass is 328 g/mol. The second-order valence-corrected chi connectivity index (χ2v) is 5.13. The Kier molecular flexibility index (Phi) is 5.26. The number of nitro benzene ring substituents is 1. The molecular formula is C17H16N2O5. The number of benzene rings is 2. The number of nitrogens with one attached hydrogen (secondary N) is 1.